The van der Waals surface area contributed by atoms with E-state index in [0.29, 0.717) is 0 Å². The maximum absolute atomic E-state index is 10.6. The van der Waals surface area contributed by atoms with Gasteiger partial charge in [-0.3, -0.25) is 0 Å². The lowest BCUT2D eigenvalue weighted by Gasteiger charge is -2.35. The summed E-state index contributed by atoms with van der Waals surface area (Å²) in [5, 5.41) is 10.6. The monoisotopic (exact) mass is 261 g/mol. The highest BCUT2D eigenvalue weighted by Crippen LogP contribution is 2.32. The molecule has 19 heavy (non-hydrogen) atoms. The molecule has 3 N–H and O–H groups in total. The van der Waals surface area contributed by atoms with Gasteiger partial charge in [-0.25, -0.2) is 0 Å². The first-order chi connectivity index (χ1) is 9.15. The molecule has 1 aliphatic carbocycles. The van der Waals surface area contributed by atoms with Gasteiger partial charge in [0.15, 0.2) is 0 Å². The molecule has 0 amide bonds. The number of nitrogens with two attached hydrogens (primary N) is 1. The molecular weight excluding hydrogens is 238 g/mol. The summed E-state index contributed by atoms with van der Waals surface area (Å²) >= 11 is 0. The summed E-state index contributed by atoms with van der Waals surface area (Å²) in [4.78, 5) is 0. The number of rotatable bonds is 3. The quantitative estimate of drug-likeness (QED) is 0.877. The molecule has 104 valence electrons. The predicted molar refractivity (Wildman–Crippen MR) is 75.4 cm³/mol. The Morgan fingerprint density at radius 3 is 3.16 bits per heavy atom. The van der Waals surface area contributed by atoms with Gasteiger partial charge in [-0.15, -0.1) is 0 Å². The Balaban J connectivity index is 1.62. The predicted octanol–water partition coefficient (Wildman–Crippen LogP) is 2.19. The Morgan fingerprint density at radius 2 is 2.32 bits per heavy atom. The molecule has 0 aromatic heterocycles. The van der Waals surface area contributed by atoms with E-state index in [4.69, 9.17) is 10.5 Å². The van der Waals surface area contributed by atoms with E-state index in [1.165, 1.54) is 11.1 Å². The highest BCUT2D eigenvalue weighted by atomic mass is 16.5. The highest BCUT2D eigenvalue weighted by Gasteiger charge is 2.32. The van der Waals surface area contributed by atoms with Crippen LogP contribution in [0.1, 0.15) is 43.2 Å². The SMILES string of the molecule is NC1CCCC(O)(CCc2ccc3c(c2)CCO3)C1. The minimum Gasteiger partial charge on any atom is -0.493 e. The van der Waals surface area contributed by atoms with E-state index < -0.39 is 5.60 Å². The van der Waals surface area contributed by atoms with Crippen LogP contribution in [0.3, 0.4) is 0 Å². The summed E-state index contributed by atoms with van der Waals surface area (Å²) in [7, 11) is 0. The van der Waals surface area contributed by atoms with Crippen LogP contribution in [0.25, 0.3) is 0 Å². The molecule has 3 nitrogen and oxygen atoms in total. The fraction of sp³-hybridized carbons (Fsp3) is 0.625. The molecular formula is C16H23NO2. The van der Waals surface area contributed by atoms with E-state index in [1.807, 2.05) is 0 Å². The van der Waals surface area contributed by atoms with Crippen LogP contribution in [0.4, 0.5) is 0 Å². The van der Waals surface area contributed by atoms with Crippen molar-refractivity contribution in [3.63, 3.8) is 0 Å². The van der Waals surface area contributed by atoms with Crippen LogP contribution in [-0.2, 0) is 12.8 Å². The smallest absolute Gasteiger partial charge is 0.122 e. The van der Waals surface area contributed by atoms with Gasteiger partial charge in [0, 0.05) is 12.5 Å². The van der Waals surface area contributed by atoms with Crippen molar-refractivity contribution in [1.29, 1.82) is 0 Å². The standard InChI is InChI=1S/C16H23NO2/c17-14-2-1-7-16(18,11-14)8-5-12-3-4-15-13(10-12)6-9-19-15/h3-4,10,14,18H,1-2,5-9,11,17H2. The number of aryl methyl sites for hydroxylation is 1. The van der Waals surface area contributed by atoms with Crippen LogP contribution in [0.2, 0.25) is 0 Å². The molecule has 1 aromatic carbocycles. The molecule has 0 bridgehead atoms. The molecule has 1 saturated carbocycles. The Kier molecular flexibility index (Phi) is 3.50. The zero-order valence-electron chi connectivity index (χ0n) is 11.4. The van der Waals surface area contributed by atoms with Gasteiger partial charge < -0.3 is 15.6 Å². The Hall–Kier alpha value is -1.06. The van der Waals surface area contributed by atoms with Crippen LogP contribution >= 0.6 is 0 Å². The summed E-state index contributed by atoms with van der Waals surface area (Å²) < 4.78 is 5.52. The molecule has 1 fully saturated rings. The number of hydrogen-bond donors (Lipinski definition) is 2. The van der Waals surface area contributed by atoms with Crippen molar-refractivity contribution in [3.8, 4) is 5.75 Å². The summed E-state index contributed by atoms with van der Waals surface area (Å²) in [6, 6.07) is 6.59. The molecule has 0 spiro atoms. The van der Waals surface area contributed by atoms with E-state index in [2.05, 4.69) is 18.2 Å². The fourth-order valence-electron chi connectivity index (χ4n) is 3.38. The van der Waals surface area contributed by atoms with Crippen LogP contribution in [-0.4, -0.2) is 23.4 Å². The van der Waals surface area contributed by atoms with Crippen molar-refractivity contribution in [1.82, 2.24) is 0 Å². The molecule has 0 radical (unpaired) electrons. The van der Waals surface area contributed by atoms with Gasteiger partial charge in [-0.1, -0.05) is 12.1 Å². The zero-order valence-corrected chi connectivity index (χ0v) is 11.4. The molecule has 3 rings (SSSR count). The first kappa shape index (κ1) is 12.9. The molecule has 0 saturated heterocycles. The van der Waals surface area contributed by atoms with Gasteiger partial charge >= 0.3 is 0 Å². The number of hydrogen-bond acceptors (Lipinski definition) is 3. The van der Waals surface area contributed by atoms with E-state index in [9.17, 15) is 5.11 Å². The third-order valence-corrected chi connectivity index (χ3v) is 4.49. The first-order valence-electron chi connectivity index (χ1n) is 7.37. The lowest BCUT2D eigenvalue weighted by atomic mass is 9.78. The van der Waals surface area contributed by atoms with Crippen molar-refractivity contribution in [2.45, 2.75) is 56.6 Å². The second kappa shape index (κ2) is 5.14. The number of aliphatic hydroxyl groups is 1. The van der Waals surface area contributed by atoms with Gasteiger partial charge in [-0.2, -0.15) is 0 Å². The van der Waals surface area contributed by atoms with E-state index in [-0.39, 0.29) is 6.04 Å². The van der Waals surface area contributed by atoms with E-state index >= 15 is 0 Å². The molecule has 2 atom stereocenters. The van der Waals surface area contributed by atoms with Crippen molar-refractivity contribution < 1.29 is 9.84 Å². The third-order valence-electron chi connectivity index (χ3n) is 4.49. The molecule has 1 aliphatic heterocycles. The number of ether oxygens (including phenoxy) is 1. The zero-order chi connectivity index (χ0) is 13.3. The normalized spacial score (nSPS) is 29.9. The topological polar surface area (TPSA) is 55.5 Å². The fourth-order valence-corrected chi connectivity index (χ4v) is 3.38. The largest absolute Gasteiger partial charge is 0.493 e. The first-order valence-corrected chi connectivity index (χ1v) is 7.37. The summed E-state index contributed by atoms with van der Waals surface area (Å²) in [6.07, 6.45) is 6.51. The van der Waals surface area contributed by atoms with Crippen molar-refractivity contribution in [2.75, 3.05) is 6.61 Å². The van der Waals surface area contributed by atoms with Crippen molar-refractivity contribution >= 4 is 0 Å². The van der Waals surface area contributed by atoms with Gasteiger partial charge in [0.1, 0.15) is 5.75 Å². The average molecular weight is 261 g/mol. The minimum atomic E-state index is -0.548. The van der Waals surface area contributed by atoms with Crippen LogP contribution in [0, 0.1) is 0 Å². The lowest BCUT2D eigenvalue weighted by molar-refractivity contribution is -0.00958. The van der Waals surface area contributed by atoms with Crippen LogP contribution < -0.4 is 10.5 Å². The van der Waals surface area contributed by atoms with Crippen LogP contribution in [0.15, 0.2) is 18.2 Å². The maximum atomic E-state index is 10.6. The Labute approximate surface area is 114 Å². The summed E-state index contributed by atoms with van der Waals surface area (Å²) in [6.45, 7) is 0.803. The van der Waals surface area contributed by atoms with E-state index in [1.54, 1.807) is 0 Å². The molecule has 3 heteroatoms. The Bertz CT molecular complexity index is 460. The molecule has 2 unspecified atom stereocenters. The molecule has 2 aliphatic rings. The van der Waals surface area contributed by atoms with Gasteiger partial charge in [-0.05, 0) is 55.7 Å². The number of benzene rings is 1. The maximum Gasteiger partial charge on any atom is 0.122 e. The average Bonchev–Trinajstić information content (AvgIpc) is 2.83. The lowest BCUT2D eigenvalue weighted by Crippen LogP contribution is -2.41. The van der Waals surface area contributed by atoms with Gasteiger partial charge in [0.05, 0.1) is 12.2 Å². The van der Waals surface area contributed by atoms with Crippen molar-refractivity contribution in [3.05, 3.63) is 29.3 Å². The summed E-state index contributed by atoms with van der Waals surface area (Å²) in [5.74, 6) is 1.03. The number of fused-ring (bicyclic) bond motifs is 1. The minimum absolute atomic E-state index is 0.173. The van der Waals surface area contributed by atoms with Gasteiger partial charge in [0.25, 0.3) is 0 Å². The second-order valence-corrected chi connectivity index (χ2v) is 6.12. The molecule has 1 aromatic rings. The van der Waals surface area contributed by atoms with Crippen LogP contribution in [0.5, 0.6) is 5.75 Å². The third kappa shape index (κ3) is 2.93. The van der Waals surface area contributed by atoms with Gasteiger partial charge in [0.2, 0.25) is 0 Å². The molecule has 1 heterocycles. The highest BCUT2D eigenvalue weighted by molar-refractivity contribution is 5.39. The second-order valence-electron chi connectivity index (χ2n) is 6.12. The summed E-state index contributed by atoms with van der Waals surface area (Å²) in [5.41, 5.74) is 8.04. The van der Waals surface area contributed by atoms with E-state index in [0.717, 1.165) is 57.3 Å². The Morgan fingerprint density at radius 1 is 1.42 bits per heavy atom. The van der Waals surface area contributed by atoms with Crippen molar-refractivity contribution in [2.24, 2.45) is 5.73 Å².